The predicted molar refractivity (Wildman–Crippen MR) is 136 cm³/mol. The molecule has 0 spiro atoms. The van der Waals surface area contributed by atoms with E-state index in [0.717, 1.165) is 54.0 Å². The summed E-state index contributed by atoms with van der Waals surface area (Å²) in [5.74, 6) is 3.99. The Hall–Kier alpha value is -2.87. The van der Waals surface area contributed by atoms with Crippen LogP contribution in [0.5, 0.6) is 5.75 Å². The number of methoxy groups -OCH3 is 1. The number of nitrogens with zero attached hydrogens (tertiary/aromatic N) is 4. The van der Waals surface area contributed by atoms with Crippen LogP contribution in [-0.2, 0) is 4.79 Å². The molecule has 4 saturated carbocycles. The van der Waals surface area contributed by atoms with Crippen molar-refractivity contribution in [1.82, 2.24) is 25.1 Å². The predicted octanol–water partition coefficient (Wildman–Crippen LogP) is 4.90. The smallest absolute Gasteiger partial charge is 0.233 e. The van der Waals surface area contributed by atoms with Crippen molar-refractivity contribution in [2.24, 2.45) is 17.8 Å². The summed E-state index contributed by atoms with van der Waals surface area (Å²) >= 11 is 1.46. The second kappa shape index (κ2) is 8.97. The molecule has 182 valence electrons. The number of amides is 1. The number of rotatable bonds is 7. The van der Waals surface area contributed by atoms with Crippen LogP contribution in [0.3, 0.4) is 0 Å². The van der Waals surface area contributed by atoms with Crippen LogP contribution in [0.25, 0.3) is 17.1 Å². The second-order valence-corrected chi connectivity index (χ2v) is 11.8. The standard InChI is InChI=1S/C27H31N5O2S/c1-17(25(33)29-27-14-18-11-19(15-27)13-20(12-18)16-27)35-26-31-30-24(21-7-9-28-10-8-21)32(26)22-3-5-23(34-2)6-4-22/h3-10,17-20H,11-16H2,1-2H3,(H,29,33). The molecule has 3 aromatic rings. The zero-order chi connectivity index (χ0) is 24.0. The first kappa shape index (κ1) is 22.6. The fourth-order valence-electron chi connectivity index (χ4n) is 6.84. The Labute approximate surface area is 210 Å². The van der Waals surface area contributed by atoms with E-state index in [1.54, 1.807) is 19.5 Å². The number of benzene rings is 1. The van der Waals surface area contributed by atoms with E-state index in [2.05, 4.69) is 20.5 Å². The number of pyridine rings is 1. The Kier molecular flexibility index (Phi) is 5.79. The molecule has 2 aromatic heterocycles. The zero-order valence-corrected chi connectivity index (χ0v) is 21.0. The third-order valence-corrected chi connectivity index (χ3v) is 9.02. The molecule has 2 heterocycles. The third kappa shape index (κ3) is 4.33. The first-order valence-electron chi connectivity index (χ1n) is 12.5. The van der Waals surface area contributed by atoms with Crippen LogP contribution >= 0.6 is 11.8 Å². The lowest BCUT2D eigenvalue weighted by atomic mass is 9.53. The number of hydrogen-bond acceptors (Lipinski definition) is 6. The van der Waals surface area contributed by atoms with Crippen molar-refractivity contribution in [3.63, 3.8) is 0 Å². The van der Waals surface area contributed by atoms with Crippen LogP contribution < -0.4 is 10.1 Å². The largest absolute Gasteiger partial charge is 0.497 e. The van der Waals surface area contributed by atoms with Gasteiger partial charge in [0.15, 0.2) is 11.0 Å². The molecule has 7 rings (SSSR count). The molecule has 1 aromatic carbocycles. The summed E-state index contributed by atoms with van der Waals surface area (Å²) in [7, 11) is 1.65. The molecule has 1 amide bonds. The molecular formula is C27H31N5O2S. The van der Waals surface area contributed by atoms with Gasteiger partial charge in [0, 0.05) is 29.2 Å². The molecule has 0 saturated heterocycles. The van der Waals surface area contributed by atoms with Crippen LogP contribution in [-0.4, -0.2) is 43.6 Å². The molecule has 4 aliphatic rings. The van der Waals surface area contributed by atoms with Crippen molar-refractivity contribution in [3.05, 3.63) is 48.8 Å². The maximum atomic E-state index is 13.4. The minimum atomic E-state index is -0.283. The molecule has 7 nitrogen and oxygen atoms in total. The van der Waals surface area contributed by atoms with E-state index in [9.17, 15) is 4.79 Å². The summed E-state index contributed by atoms with van der Waals surface area (Å²) in [6.07, 6.45) is 11.0. The molecule has 4 fully saturated rings. The van der Waals surface area contributed by atoms with Crippen molar-refractivity contribution in [2.75, 3.05) is 7.11 Å². The Morgan fingerprint density at radius 2 is 1.66 bits per heavy atom. The van der Waals surface area contributed by atoms with Gasteiger partial charge in [-0.25, -0.2) is 0 Å². The van der Waals surface area contributed by atoms with Gasteiger partial charge in [0.2, 0.25) is 5.91 Å². The summed E-state index contributed by atoms with van der Waals surface area (Å²) in [6, 6.07) is 11.6. The van der Waals surface area contributed by atoms with Crippen molar-refractivity contribution in [1.29, 1.82) is 0 Å². The number of carbonyl (C=O) groups excluding carboxylic acids is 1. The maximum Gasteiger partial charge on any atom is 0.233 e. The molecule has 4 aliphatic carbocycles. The molecule has 1 atom stereocenters. The monoisotopic (exact) mass is 489 g/mol. The number of nitrogens with one attached hydrogen (secondary N) is 1. The lowest BCUT2D eigenvalue weighted by Crippen LogP contribution is -2.60. The zero-order valence-electron chi connectivity index (χ0n) is 20.2. The van der Waals surface area contributed by atoms with Crippen LogP contribution in [0.15, 0.2) is 53.9 Å². The highest BCUT2D eigenvalue weighted by Crippen LogP contribution is 2.55. The lowest BCUT2D eigenvalue weighted by molar-refractivity contribution is -0.126. The first-order chi connectivity index (χ1) is 17.0. The Bertz CT molecular complexity index is 1170. The van der Waals surface area contributed by atoms with Gasteiger partial charge in [-0.1, -0.05) is 11.8 Å². The quantitative estimate of drug-likeness (QED) is 0.475. The van der Waals surface area contributed by atoms with E-state index >= 15 is 0 Å². The Morgan fingerprint density at radius 1 is 1.03 bits per heavy atom. The number of ether oxygens (including phenoxy) is 1. The highest BCUT2D eigenvalue weighted by Gasteiger charge is 2.51. The molecule has 1 unspecified atom stereocenters. The highest BCUT2D eigenvalue weighted by atomic mass is 32.2. The summed E-state index contributed by atoms with van der Waals surface area (Å²) in [4.78, 5) is 17.6. The van der Waals surface area contributed by atoms with Gasteiger partial charge in [0.1, 0.15) is 5.75 Å². The molecule has 1 N–H and O–H groups in total. The van der Waals surface area contributed by atoms with Crippen molar-refractivity contribution >= 4 is 17.7 Å². The van der Waals surface area contributed by atoms with E-state index in [-0.39, 0.29) is 16.7 Å². The van der Waals surface area contributed by atoms with E-state index in [1.165, 1.54) is 31.0 Å². The summed E-state index contributed by atoms with van der Waals surface area (Å²) < 4.78 is 7.34. The number of thioether (sulfide) groups is 1. The molecule has 0 radical (unpaired) electrons. The molecule has 4 bridgehead atoms. The van der Waals surface area contributed by atoms with Gasteiger partial charge in [0.05, 0.1) is 12.4 Å². The van der Waals surface area contributed by atoms with Gasteiger partial charge >= 0.3 is 0 Å². The van der Waals surface area contributed by atoms with E-state index < -0.39 is 0 Å². The average Bonchev–Trinajstić information content (AvgIpc) is 3.27. The minimum absolute atomic E-state index is 0.00646. The highest BCUT2D eigenvalue weighted by molar-refractivity contribution is 8.00. The Morgan fingerprint density at radius 3 is 2.26 bits per heavy atom. The van der Waals surface area contributed by atoms with Gasteiger partial charge in [-0.2, -0.15) is 0 Å². The van der Waals surface area contributed by atoms with Crippen molar-refractivity contribution < 1.29 is 9.53 Å². The van der Waals surface area contributed by atoms with Crippen LogP contribution in [0.1, 0.15) is 45.4 Å². The fraction of sp³-hybridized carbons (Fsp3) is 0.481. The number of carbonyl (C=O) groups is 1. The van der Waals surface area contributed by atoms with E-state index in [1.807, 2.05) is 47.9 Å². The van der Waals surface area contributed by atoms with E-state index in [4.69, 9.17) is 4.74 Å². The van der Waals surface area contributed by atoms with Crippen LogP contribution in [0.2, 0.25) is 0 Å². The van der Waals surface area contributed by atoms with Crippen molar-refractivity contribution in [3.8, 4) is 22.8 Å². The van der Waals surface area contributed by atoms with Gasteiger partial charge < -0.3 is 10.1 Å². The van der Waals surface area contributed by atoms with Gasteiger partial charge in [-0.15, -0.1) is 10.2 Å². The molecule has 8 heteroatoms. The normalized spacial score (nSPS) is 27.5. The van der Waals surface area contributed by atoms with E-state index in [0.29, 0.717) is 11.0 Å². The van der Waals surface area contributed by atoms with Crippen molar-refractivity contribution in [2.45, 2.75) is 61.4 Å². The molecule has 35 heavy (non-hydrogen) atoms. The minimum Gasteiger partial charge on any atom is -0.497 e. The topological polar surface area (TPSA) is 81.9 Å². The van der Waals surface area contributed by atoms with Gasteiger partial charge in [0.25, 0.3) is 0 Å². The Balaban J connectivity index is 1.26. The lowest BCUT2D eigenvalue weighted by Gasteiger charge is -2.57. The summed E-state index contributed by atoms with van der Waals surface area (Å²) in [5.41, 5.74) is 1.84. The second-order valence-electron chi connectivity index (χ2n) is 10.5. The third-order valence-electron chi connectivity index (χ3n) is 7.98. The van der Waals surface area contributed by atoms with Gasteiger partial charge in [-0.05, 0) is 99.6 Å². The SMILES string of the molecule is COc1ccc(-n2c(SC(C)C(=O)NC34CC5CC(CC(C5)C3)C4)nnc2-c2ccncc2)cc1. The van der Waals surface area contributed by atoms with Crippen LogP contribution in [0, 0.1) is 17.8 Å². The number of aromatic nitrogens is 4. The number of hydrogen-bond donors (Lipinski definition) is 1. The molecule has 0 aliphatic heterocycles. The first-order valence-corrected chi connectivity index (χ1v) is 13.4. The summed E-state index contributed by atoms with van der Waals surface area (Å²) in [6.45, 7) is 1.97. The van der Waals surface area contributed by atoms with Gasteiger partial charge in [-0.3, -0.25) is 14.3 Å². The summed E-state index contributed by atoms with van der Waals surface area (Å²) in [5, 5.41) is 12.9. The molecular weight excluding hydrogens is 458 g/mol. The maximum absolute atomic E-state index is 13.4. The fourth-order valence-corrected chi connectivity index (χ4v) is 7.70. The average molecular weight is 490 g/mol. The van der Waals surface area contributed by atoms with Crippen LogP contribution in [0.4, 0.5) is 0 Å².